The van der Waals surface area contributed by atoms with Crippen molar-refractivity contribution in [2.75, 3.05) is 33.4 Å². The van der Waals surface area contributed by atoms with Gasteiger partial charge in [-0.05, 0) is 18.6 Å². The molecule has 1 aromatic carbocycles. The molecule has 1 fully saturated rings. The number of hydrogen-bond donors (Lipinski definition) is 4. The van der Waals surface area contributed by atoms with Gasteiger partial charge in [0.2, 0.25) is 0 Å². The van der Waals surface area contributed by atoms with E-state index in [1.807, 2.05) is 18.2 Å². The normalized spacial score (nSPS) is 20.5. The number of likely N-dealkylation sites (tertiary alicyclic amines) is 1. The maximum Gasteiger partial charge on any atom is 0.317 e. The van der Waals surface area contributed by atoms with Crippen LogP contribution in [0, 0.1) is 0 Å². The number of carbonyl (C=O) groups excluding carboxylic acids is 1. The van der Waals surface area contributed by atoms with Crippen LogP contribution in [-0.2, 0) is 6.42 Å². The number of carbonyl (C=O) groups is 1. The minimum Gasteiger partial charge on any atom is -0.497 e. The molecule has 2 aromatic rings. The Morgan fingerprint density at radius 2 is 2.38 bits per heavy atom. The number of ether oxygens (including phenoxy) is 1. The molecule has 0 spiro atoms. The van der Waals surface area contributed by atoms with E-state index < -0.39 is 5.60 Å². The second kappa shape index (κ2) is 6.66. The van der Waals surface area contributed by atoms with Crippen molar-refractivity contribution in [3.63, 3.8) is 0 Å². The summed E-state index contributed by atoms with van der Waals surface area (Å²) in [7, 11) is 1.62. The molecule has 1 aromatic heterocycles. The zero-order chi connectivity index (χ0) is 17.2. The second-order valence-electron chi connectivity index (χ2n) is 6.10. The van der Waals surface area contributed by atoms with Gasteiger partial charge in [-0.1, -0.05) is 0 Å². The third-order valence-electron chi connectivity index (χ3n) is 4.29. The minimum absolute atomic E-state index is 0.153. The first kappa shape index (κ1) is 16.5. The molecule has 1 aliphatic heterocycles. The number of hydrogen-bond acceptors (Lipinski definition) is 5. The van der Waals surface area contributed by atoms with E-state index in [9.17, 15) is 9.90 Å². The standard InChI is InChI=1S/C16H22N4O4/c1-24-11-2-3-12-13(8-11)19-14(18-12)4-6-17-15(22)20-7-5-16(23,9-20)10-21/h2-3,8,21,23H,4-7,9-10H2,1H3,(H,17,22)(H,18,19)/t16-/m0/s1. The van der Waals surface area contributed by atoms with Crippen LogP contribution in [-0.4, -0.2) is 70.1 Å². The Morgan fingerprint density at radius 1 is 1.54 bits per heavy atom. The van der Waals surface area contributed by atoms with Gasteiger partial charge in [-0.25, -0.2) is 9.78 Å². The molecule has 3 rings (SSSR count). The molecule has 0 saturated carbocycles. The number of fused-ring (bicyclic) bond motifs is 1. The van der Waals surface area contributed by atoms with Gasteiger partial charge in [0, 0.05) is 25.6 Å². The van der Waals surface area contributed by atoms with E-state index >= 15 is 0 Å². The topological polar surface area (TPSA) is 111 Å². The first-order chi connectivity index (χ1) is 11.5. The van der Waals surface area contributed by atoms with Gasteiger partial charge in [0.05, 0.1) is 31.3 Å². The molecule has 2 heterocycles. The van der Waals surface area contributed by atoms with Crippen molar-refractivity contribution in [3.05, 3.63) is 24.0 Å². The van der Waals surface area contributed by atoms with E-state index in [4.69, 9.17) is 9.84 Å². The predicted molar refractivity (Wildman–Crippen MR) is 88.0 cm³/mol. The highest BCUT2D eigenvalue weighted by Crippen LogP contribution is 2.20. The molecule has 8 heteroatoms. The van der Waals surface area contributed by atoms with Crippen molar-refractivity contribution in [1.29, 1.82) is 0 Å². The summed E-state index contributed by atoms with van der Waals surface area (Å²) in [4.78, 5) is 21.3. The fourth-order valence-electron chi connectivity index (χ4n) is 2.85. The maximum absolute atomic E-state index is 12.1. The fourth-order valence-corrected chi connectivity index (χ4v) is 2.85. The number of urea groups is 1. The monoisotopic (exact) mass is 334 g/mol. The number of aromatic nitrogens is 2. The summed E-state index contributed by atoms with van der Waals surface area (Å²) in [6.07, 6.45) is 0.961. The molecule has 130 valence electrons. The molecule has 0 aliphatic carbocycles. The molecule has 8 nitrogen and oxygen atoms in total. The Labute approximate surface area is 139 Å². The van der Waals surface area contributed by atoms with Crippen LogP contribution >= 0.6 is 0 Å². The molecule has 24 heavy (non-hydrogen) atoms. The number of aliphatic hydroxyl groups excluding tert-OH is 1. The van der Waals surface area contributed by atoms with Crippen molar-refractivity contribution in [1.82, 2.24) is 20.2 Å². The molecule has 1 saturated heterocycles. The molecular formula is C16H22N4O4. The summed E-state index contributed by atoms with van der Waals surface area (Å²) in [5.41, 5.74) is 0.572. The highest BCUT2D eigenvalue weighted by molar-refractivity contribution is 5.77. The number of imidazole rings is 1. The Morgan fingerprint density at radius 3 is 3.08 bits per heavy atom. The Balaban J connectivity index is 1.52. The molecule has 1 atom stereocenters. The van der Waals surface area contributed by atoms with Gasteiger partial charge >= 0.3 is 6.03 Å². The van der Waals surface area contributed by atoms with Crippen molar-refractivity contribution in [2.45, 2.75) is 18.4 Å². The third kappa shape index (κ3) is 3.44. The number of β-amino-alcohol motifs (C(OH)–C–C–N with tert-alkyl or cyclic N) is 1. The summed E-state index contributed by atoms with van der Waals surface area (Å²) in [6, 6.07) is 5.37. The average molecular weight is 334 g/mol. The Hall–Kier alpha value is -2.32. The third-order valence-corrected chi connectivity index (χ3v) is 4.29. The van der Waals surface area contributed by atoms with Crippen molar-refractivity contribution >= 4 is 17.1 Å². The lowest BCUT2D eigenvalue weighted by molar-refractivity contribution is -0.00279. The number of nitrogens with one attached hydrogen (secondary N) is 2. The number of rotatable bonds is 5. The molecule has 0 unspecified atom stereocenters. The molecule has 0 bridgehead atoms. The number of H-pyrrole nitrogens is 1. The lowest BCUT2D eigenvalue weighted by Crippen LogP contribution is -2.43. The second-order valence-corrected chi connectivity index (χ2v) is 6.10. The highest BCUT2D eigenvalue weighted by atomic mass is 16.5. The zero-order valence-electron chi connectivity index (χ0n) is 13.6. The number of aliphatic hydroxyl groups is 2. The Kier molecular flexibility index (Phi) is 4.59. The smallest absolute Gasteiger partial charge is 0.317 e. The van der Waals surface area contributed by atoms with E-state index in [2.05, 4.69) is 15.3 Å². The first-order valence-corrected chi connectivity index (χ1v) is 7.92. The average Bonchev–Trinajstić information content (AvgIpc) is 3.18. The van der Waals surface area contributed by atoms with E-state index in [0.717, 1.165) is 22.6 Å². The summed E-state index contributed by atoms with van der Waals surface area (Å²) >= 11 is 0. The van der Waals surface area contributed by atoms with Gasteiger partial charge in [-0.15, -0.1) is 0 Å². The molecule has 1 aliphatic rings. The quantitative estimate of drug-likeness (QED) is 0.626. The number of aromatic amines is 1. The summed E-state index contributed by atoms with van der Waals surface area (Å²) in [5, 5.41) is 21.9. The summed E-state index contributed by atoms with van der Waals surface area (Å²) in [5.74, 6) is 1.54. The van der Waals surface area contributed by atoms with Gasteiger partial charge in [0.1, 0.15) is 17.2 Å². The number of nitrogens with zero attached hydrogens (tertiary/aromatic N) is 2. The van der Waals surface area contributed by atoms with E-state index in [1.54, 1.807) is 7.11 Å². The van der Waals surface area contributed by atoms with Gasteiger partial charge in [0.15, 0.2) is 0 Å². The van der Waals surface area contributed by atoms with Crippen LogP contribution in [0.3, 0.4) is 0 Å². The number of benzene rings is 1. The van der Waals surface area contributed by atoms with Crippen molar-refractivity contribution < 1.29 is 19.7 Å². The molecule has 0 radical (unpaired) electrons. The van der Waals surface area contributed by atoms with Gasteiger partial charge in [-0.3, -0.25) is 0 Å². The van der Waals surface area contributed by atoms with Crippen molar-refractivity contribution in [3.8, 4) is 5.75 Å². The van der Waals surface area contributed by atoms with Crippen LogP contribution in [0.2, 0.25) is 0 Å². The van der Waals surface area contributed by atoms with Gasteiger partial charge in [0.25, 0.3) is 0 Å². The molecule has 2 amide bonds. The highest BCUT2D eigenvalue weighted by Gasteiger charge is 2.37. The summed E-state index contributed by atoms with van der Waals surface area (Å²) in [6.45, 7) is 0.691. The van der Waals surface area contributed by atoms with Crippen LogP contribution in [0.4, 0.5) is 4.79 Å². The fraction of sp³-hybridized carbons (Fsp3) is 0.500. The molecular weight excluding hydrogens is 312 g/mol. The van der Waals surface area contributed by atoms with Crippen LogP contribution in [0.5, 0.6) is 5.75 Å². The number of methoxy groups -OCH3 is 1. The van der Waals surface area contributed by atoms with Crippen LogP contribution in [0.15, 0.2) is 18.2 Å². The Bertz CT molecular complexity index is 732. The largest absolute Gasteiger partial charge is 0.497 e. The van der Waals surface area contributed by atoms with Gasteiger partial charge in [-0.2, -0.15) is 0 Å². The first-order valence-electron chi connectivity index (χ1n) is 7.92. The van der Waals surface area contributed by atoms with Crippen LogP contribution in [0.1, 0.15) is 12.2 Å². The molecule has 4 N–H and O–H groups in total. The SMILES string of the molecule is COc1ccc2nc(CCNC(=O)N3CC[C@@](O)(CO)C3)[nH]c2c1. The van der Waals surface area contributed by atoms with Gasteiger partial charge < -0.3 is 30.2 Å². The summed E-state index contributed by atoms with van der Waals surface area (Å²) < 4.78 is 5.18. The lowest BCUT2D eigenvalue weighted by atomic mass is 10.1. The van der Waals surface area contributed by atoms with Crippen LogP contribution in [0.25, 0.3) is 11.0 Å². The van der Waals surface area contributed by atoms with E-state index in [-0.39, 0.29) is 19.2 Å². The lowest BCUT2D eigenvalue weighted by Gasteiger charge is -2.21. The van der Waals surface area contributed by atoms with Crippen LogP contribution < -0.4 is 10.1 Å². The number of amides is 2. The predicted octanol–water partition coefficient (Wildman–Crippen LogP) is 0.253. The zero-order valence-corrected chi connectivity index (χ0v) is 13.6. The van der Waals surface area contributed by atoms with Crippen molar-refractivity contribution in [2.24, 2.45) is 0 Å². The minimum atomic E-state index is -1.17. The maximum atomic E-state index is 12.1. The van der Waals surface area contributed by atoms with E-state index in [1.165, 1.54) is 4.90 Å². The van der Waals surface area contributed by atoms with E-state index in [0.29, 0.717) is 25.9 Å².